The number of nitrogens with one attached hydrogen (secondary N) is 1. The van der Waals surface area contributed by atoms with E-state index in [4.69, 9.17) is 4.42 Å². The van der Waals surface area contributed by atoms with Crippen LogP contribution in [0.2, 0.25) is 0 Å². The van der Waals surface area contributed by atoms with Gasteiger partial charge in [0.15, 0.2) is 0 Å². The van der Waals surface area contributed by atoms with E-state index in [0.717, 1.165) is 23.9 Å². The first kappa shape index (κ1) is 8.92. The number of furan rings is 1. The fraction of sp³-hybridized carbons (Fsp3) is 0.417. The first-order chi connectivity index (χ1) is 7.43. The van der Waals surface area contributed by atoms with Gasteiger partial charge in [0.25, 0.3) is 0 Å². The summed E-state index contributed by atoms with van der Waals surface area (Å²) in [5.74, 6) is 0. The highest BCUT2D eigenvalue weighted by molar-refractivity contribution is 5.79. The van der Waals surface area contributed by atoms with E-state index in [0.29, 0.717) is 6.04 Å². The molecule has 0 aliphatic carbocycles. The molecule has 1 fully saturated rings. The van der Waals surface area contributed by atoms with Crippen molar-refractivity contribution in [3.8, 4) is 0 Å². The van der Waals surface area contributed by atoms with Crippen molar-refractivity contribution < 1.29 is 4.42 Å². The summed E-state index contributed by atoms with van der Waals surface area (Å²) >= 11 is 0. The molecule has 3 heteroatoms. The molecule has 15 heavy (non-hydrogen) atoms. The lowest BCUT2D eigenvalue weighted by Gasteiger charge is -2.07. The van der Waals surface area contributed by atoms with E-state index in [-0.39, 0.29) is 0 Å². The van der Waals surface area contributed by atoms with Crippen LogP contribution in [0, 0.1) is 0 Å². The van der Waals surface area contributed by atoms with Gasteiger partial charge in [0.05, 0.1) is 6.26 Å². The Morgan fingerprint density at radius 1 is 1.53 bits per heavy atom. The van der Waals surface area contributed by atoms with Gasteiger partial charge >= 0.3 is 0 Å². The van der Waals surface area contributed by atoms with Crippen LogP contribution in [0.25, 0.3) is 11.0 Å². The second-order valence-electron chi connectivity index (χ2n) is 4.13. The van der Waals surface area contributed by atoms with E-state index in [9.17, 15) is 0 Å². The van der Waals surface area contributed by atoms with Crippen molar-refractivity contribution in [2.75, 3.05) is 6.54 Å². The molecule has 1 N–H and O–H groups in total. The Balaban J connectivity index is 1.90. The molecule has 0 aromatic carbocycles. The van der Waals surface area contributed by atoms with Crippen LogP contribution in [-0.2, 0) is 6.42 Å². The van der Waals surface area contributed by atoms with E-state index in [1.807, 2.05) is 18.5 Å². The molecule has 1 aliphatic rings. The molecule has 2 aromatic heterocycles. The van der Waals surface area contributed by atoms with E-state index in [1.165, 1.54) is 18.4 Å². The molecule has 78 valence electrons. The van der Waals surface area contributed by atoms with E-state index >= 15 is 0 Å². The first-order valence-electron chi connectivity index (χ1n) is 5.47. The fourth-order valence-corrected chi connectivity index (χ4v) is 2.28. The second kappa shape index (κ2) is 3.66. The number of pyridine rings is 1. The average Bonchev–Trinajstić information content (AvgIpc) is 2.89. The zero-order valence-corrected chi connectivity index (χ0v) is 8.57. The lowest BCUT2D eigenvalue weighted by molar-refractivity contribution is 0.580. The van der Waals surface area contributed by atoms with E-state index in [1.54, 1.807) is 6.20 Å². The van der Waals surface area contributed by atoms with Crippen molar-refractivity contribution >= 4 is 11.0 Å². The summed E-state index contributed by atoms with van der Waals surface area (Å²) in [6, 6.07) is 2.53. The van der Waals surface area contributed by atoms with Crippen LogP contribution in [0.4, 0.5) is 0 Å². The van der Waals surface area contributed by atoms with Crippen LogP contribution >= 0.6 is 0 Å². The molecule has 0 saturated carbocycles. The minimum atomic E-state index is 0.617. The molecule has 1 saturated heterocycles. The van der Waals surface area contributed by atoms with Crippen molar-refractivity contribution in [1.82, 2.24) is 10.3 Å². The Morgan fingerprint density at radius 3 is 3.40 bits per heavy atom. The fourth-order valence-electron chi connectivity index (χ4n) is 2.28. The van der Waals surface area contributed by atoms with Crippen LogP contribution in [0.3, 0.4) is 0 Å². The number of hydrogen-bond acceptors (Lipinski definition) is 3. The predicted molar refractivity (Wildman–Crippen MR) is 58.7 cm³/mol. The third kappa shape index (κ3) is 1.63. The SMILES string of the molecule is c1cc2occ(CC3CCCN3)c2cn1. The van der Waals surface area contributed by atoms with Gasteiger partial charge in [0.1, 0.15) is 5.58 Å². The van der Waals surface area contributed by atoms with Crippen LogP contribution < -0.4 is 5.32 Å². The summed E-state index contributed by atoms with van der Waals surface area (Å²) in [4.78, 5) is 4.14. The number of aromatic nitrogens is 1. The van der Waals surface area contributed by atoms with Crippen molar-refractivity contribution in [2.24, 2.45) is 0 Å². The first-order valence-corrected chi connectivity index (χ1v) is 5.47. The van der Waals surface area contributed by atoms with Crippen molar-refractivity contribution in [1.29, 1.82) is 0 Å². The Labute approximate surface area is 88.5 Å². The maximum atomic E-state index is 5.49. The smallest absolute Gasteiger partial charge is 0.137 e. The Morgan fingerprint density at radius 2 is 2.53 bits per heavy atom. The zero-order chi connectivity index (χ0) is 10.1. The normalized spacial score (nSPS) is 21.2. The molecule has 1 unspecified atom stereocenters. The quantitative estimate of drug-likeness (QED) is 0.810. The van der Waals surface area contributed by atoms with Crippen molar-refractivity contribution in [3.63, 3.8) is 0 Å². The third-order valence-corrected chi connectivity index (χ3v) is 3.08. The van der Waals surface area contributed by atoms with Crippen LogP contribution in [0.5, 0.6) is 0 Å². The Kier molecular flexibility index (Phi) is 2.18. The molecule has 3 nitrogen and oxygen atoms in total. The number of rotatable bonds is 2. The van der Waals surface area contributed by atoms with E-state index < -0.39 is 0 Å². The lowest BCUT2D eigenvalue weighted by Crippen LogP contribution is -2.23. The number of fused-ring (bicyclic) bond motifs is 1. The lowest BCUT2D eigenvalue weighted by atomic mass is 10.1. The van der Waals surface area contributed by atoms with Gasteiger partial charge in [-0.2, -0.15) is 0 Å². The zero-order valence-electron chi connectivity index (χ0n) is 8.57. The van der Waals surface area contributed by atoms with Gasteiger partial charge in [-0.25, -0.2) is 0 Å². The molecule has 0 bridgehead atoms. The molecule has 0 spiro atoms. The van der Waals surface area contributed by atoms with Gasteiger partial charge in [0, 0.05) is 29.4 Å². The Bertz CT molecular complexity index is 457. The summed E-state index contributed by atoms with van der Waals surface area (Å²) in [5.41, 5.74) is 2.22. The van der Waals surface area contributed by atoms with Crippen LogP contribution in [0.1, 0.15) is 18.4 Å². The summed E-state index contributed by atoms with van der Waals surface area (Å²) in [6.07, 6.45) is 9.14. The highest BCUT2D eigenvalue weighted by Gasteiger charge is 2.16. The molecule has 1 aliphatic heterocycles. The number of nitrogens with zero attached hydrogens (tertiary/aromatic N) is 1. The molecule has 2 aromatic rings. The van der Waals surface area contributed by atoms with Crippen molar-refractivity contribution in [3.05, 3.63) is 30.3 Å². The van der Waals surface area contributed by atoms with Crippen LogP contribution in [-0.4, -0.2) is 17.6 Å². The summed E-state index contributed by atoms with van der Waals surface area (Å²) in [7, 11) is 0. The Hall–Kier alpha value is -1.35. The number of hydrogen-bond donors (Lipinski definition) is 1. The highest BCUT2D eigenvalue weighted by Crippen LogP contribution is 2.22. The standard InChI is InChI=1S/C12H14N2O/c1-2-10(14-4-1)6-9-8-15-12-3-5-13-7-11(9)12/h3,5,7-8,10,14H,1-2,4,6H2. The second-order valence-corrected chi connectivity index (χ2v) is 4.13. The van der Waals surface area contributed by atoms with Gasteiger partial charge in [0.2, 0.25) is 0 Å². The summed E-state index contributed by atoms with van der Waals surface area (Å²) in [6.45, 7) is 1.15. The summed E-state index contributed by atoms with van der Waals surface area (Å²) in [5, 5.41) is 4.66. The minimum absolute atomic E-state index is 0.617. The van der Waals surface area contributed by atoms with Gasteiger partial charge in [-0.05, 0) is 31.9 Å². The molecule has 1 atom stereocenters. The molecule has 3 rings (SSSR count). The molecule has 0 radical (unpaired) electrons. The molecular formula is C12H14N2O. The van der Waals surface area contributed by atoms with Gasteiger partial charge in [-0.3, -0.25) is 4.98 Å². The predicted octanol–water partition coefficient (Wildman–Crippen LogP) is 2.12. The van der Waals surface area contributed by atoms with Crippen molar-refractivity contribution in [2.45, 2.75) is 25.3 Å². The average molecular weight is 202 g/mol. The van der Waals surface area contributed by atoms with Crippen LogP contribution in [0.15, 0.2) is 29.1 Å². The molecule has 3 heterocycles. The maximum absolute atomic E-state index is 5.49. The van der Waals surface area contributed by atoms with E-state index in [2.05, 4.69) is 10.3 Å². The highest BCUT2D eigenvalue weighted by atomic mass is 16.3. The monoisotopic (exact) mass is 202 g/mol. The topological polar surface area (TPSA) is 38.1 Å². The van der Waals surface area contributed by atoms with Gasteiger partial charge in [-0.1, -0.05) is 0 Å². The summed E-state index contributed by atoms with van der Waals surface area (Å²) < 4.78 is 5.49. The molecule has 0 amide bonds. The molecular weight excluding hydrogens is 188 g/mol. The third-order valence-electron chi connectivity index (χ3n) is 3.08. The van der Waals surface area contributed by atoms with Gasteiger partial charge < -0.3 is 9.73 Å². The minimum Gasteiger partial charge on any atom is -0.464 e. The largest absolute Gasteiger partial charge is 0.464 e. The maximum Gasteiger partial charge on any atom is 0.137 e. The van der Waals surface area contributed by atoms with Gasteiger partial charge in [-0.15, -0.1) is 0 Å².